The first kappa shape index (κ1) is 28.6. The van der Waals surface area contributed by atoms with Crippen molar-refractivity contribution < 1.29 is 27.6 Å². The number of hydrogen-bond donors (Lipinski definition) is 2. The molecule has 0 aliphatic carbocycles. The molecule has 0 spiro atoms. The molecular weight excluding hydrogens is 495 g/mol. The summed E-state index contributed by atoms with van der Waals surface area (Å²) in [6.45, 7) is 8.17. The van der Waals surface area contributed by atoms with Crippen LogP contribution in [0.2, 0.25) is 0 Å². The van der Waals surface area contributed by atoms with Gasteiger partial charge in [0.2, 0.25) is 5.82 Å². The second-order valence-electron chi connectivity index (χ2n) is 8.98. The third kappa shape index (κ3) is 7.07. The summed E-state index contributed by atoms with van der Waals surface area (Å²) in [5.41, 5.74) is 1.64. The van der Waals surface area contributed by atoms with Crippen LogP contribution in [0.25, 0.3) is 34.0 Å². The van der Waals surface area contributed by atoms with E-state index in [2.05, 4.69) is 15.5 Å². The molecule has 0 bridgehead atoms. The van der Waals surface area contributed by atoms with E-state index in [9.17, 15) is 18.0 Å². The molecule has 1 aromatic heterocycles. The van der Waals surface area contributed by atoms with Gasteiger partial charge in [-0.3, -0.25) is 4.79 Å². The molecule has 200 valence electrons. The van der Waals surface area contributed by atoms with E-state index in [1.165, 1.54) is 6.07 Å². The lowest BCUT2D eigenvalue weighted by molar-refractivity contribution is -0.140. The summed E-state index contributed by atoms with van der Waals surface area (Å²) in [6.07, 6.45) is -4.52. The Balaban J connectivity index is 0.000000342. The van der Waals surface area contributed by atoms with E-state index in [1.807, 2.05) is 39.0 Å². The van der Waals surface area contributed by atoms with Crippen molar-refractivity contribution in [3.05, 3.63) is 83.9 Å². The summed E-state index contributed by atoms with van der Waals surface area (Å²) < 4.78 is 46.5. The minimum absolute atomic E-state index is 0.0423. The molecule has 1 atom stereocenters. The second-order valence-corrected chi connectivity index (χ2v) is 8.98. The predicted molar refractivity (Wildman–Crippen MR) is 140 cm³/mol. The first-order valence-electron chi connectivity index (χ1n) is 12.2. The summed E-state index contributed by atoms with van der Waals surface area (Å²) in [4.78, 5) is 14.7. The van der Waals surface area contributed by atoms with Gasteiger partial charge in [-0.2, -0.15) is 18.2 Å². The van der Waals surface area contributed by atoms with E-state index in [1.54, 1.807) is 49.4 Å². The summed E-state index contributed by atoms with van der Waals surface area (Å²) >= 11 is 0. The number of carboxylic acid groups (broad SMARTS) is 1. The fourth-order valence-corrected chi connectivity index (χ4v) is 3.90. The van der Waals surface area contributed by atoms with Crippen molar-refractivity contribution in [2.45, 2.75) is 39.9 Å². The first-order chi connectivity index (χ1) is 18.0. The molecule has 38 heavy (non-hydrogen) atoms. The molecule has 0 saturated carbocycles. The van der Waals surface area contributed by atoms with Crippen LogP contribution in [0.5, 0.6) is 0 Å². The van der Waals surface area contributed by atoms with Crippen LogP contribution in [-0.4, -0.2) is 33.8 Å². The van der Waals surface area contributed by atoms with E-state index in [0.29, 0.717) is 17.9 Å². The van der Waals surface area contributed by atoms with E-state index in [-0.39, 0.29) is 22.9 Å². The molecule has 0 saturated heterocycles. The second kappa shape index (κ2) is 12.5. The number of aryl methyl sites for hydroxylation is 1. The van der Waals surface area contributed by atoms with Crippen molar-refractivity contribution in [2.75, 3.05) is 6.54 Å². The molecule has 3 aromatic carbocycles. The Morgan fingerprint density at radius 2 is 1.63 bits per heavy atom. The number of carboxylic acids is 1. The van der Waals surface area contributed by atoms with Crippen LogP contribution in [0, 0.1) is 12.8 Å². The van der Waals surface area contributed by atoms with Crippen LogP contribution in [-0.2, 0) is 11.0 Å². The molecule has 0 unspecified atom stereocenters. The number of aliphatic carboxylic acids is 1. The maximum absolute atomic E-state index is 13.8. The van der Waals surface area contributed by atoms with Gasteiger partial charge < -0.3 is 14.9 Å². The molecule has 0 aliphatic heterocycles. The maximum atomic E-state index is 13.8. The van der Waals surface area contributed by atoms with Crippen molar-refractivity contribution in [1.29, 1.82) is 0 Å². The quantitative estimate of drug-likeness (QED) is 0.268. The van der Waals surface area contributed by atoms with Gasteiger partial charge in [-0.05, 0) is 48.2 Å². The number of benzene rings is 3. The van der Waals surface area contributed by atoms with Crippen molar-refractivity contribution in [2.24, 2.45) is 5.92 Å². The Morgan fingerprint density at radius 3 is 2.18 bits per heavy atom. The van der Waals surface area contributed by atoms with Crippen LogP contribution in [0.4, 0.5) is 13.2 Å². The van der Waals surface area contributed by atoms with E-state index >= 15 is 0 Å². The number of rotatable bonds is 7. The van der Waals surface area contributed by atoms with Crippen molar-refractivity contribution in [1.82, 2.24) is 15.5 Å². The summed E-state index contributed by atoms with van der Waals surface area (Å²) in [7, 11) is 0. The Labute approximate surface area is 219 Å². The number of nitrogens with one attached hydrogen (secondary N) is 1. The largest absolute Gasteiger partial charge is 0.480 e. The number of alkyl halides is 3. The average molecular weight is 526 g/mol. The fourth-order valence-electron chi connectivity index (χ4n) is 3.90. The molecule has 9 heteroatoms. The van der Waals surface area contributed by atoms with Gasteiger partial charge in [0.1, 0.15) is 6.04 Å². The highest BCUT2D eigenvalue weighted by molar-refractivity contribution is 5.75. The third-order valence-electron chi connectivity index (χ3n) is 5.82. The van der Waals surface area contributed by atoms with Crippen LogP contribution >= 0.6 is 0 Å². The van der Waals surface area contributed by atoms with E-state index < -0.39 is 23.8 Å². The number of carbonyl (C=O) groups is 1. The molecule has 4 aromatic rings. The van der Waals surface area contributed by atoms with Crippen LogP contribution in [0.1, 0.15) is 31.9 Å². The van der Waals surface area contributed by atoms with Gasteiger partial charge in [-0.1, -0.05) is 86.6 Å². The average Bonchev–Trinajstić information content (AvgIpc) is 3.38. The summed E-state index contributed by atoms with van der Waals surface area (Å²) in [5, 5.41) is 15.4. The highest BCUT2D eigenvalue weighted by Gasteiger charge is 2.34. The van der Waals surface area contributed by atoms with Gasteiger partial charge in [-0.15, -0.1) is 0 Å². The summed E-state index contributed by atoms with van der Waals surface area (Å²) in [5.74, 6) is -0.248. The van der Waals surface area contributed by atoms with E-state index in [0.717, 1.165) is 17.2 Å². The first-order valence-corrected chi connectivity index (χ1v) is 12.2. The van der Waals surface area contributed by atoms with Gasteiger partial charge in [0.25, 0.3) is 5.89 Å². The number of hydrogen-bond acceptors (Lipinski definition) is 5. The Kier molecular flexibility index (Phi) is 9.41. The van der Waals surface area contributed by atoms with Gasteiger partial charge in [0.15, 0.2) is 0 Å². The van der Waals surface area contributed by atoms with Crippen LogP contribution in [0.15, 0.2) is 77.3 Å². The van der Waals surface area contributed by atoms with Gasteiger partial charge in [-0.25, -0.2) is 0 Å². The third-order valence-corrected chi connectivity index (χ3v) is 5.82. The van der Waals surface area contributed by atoms with Gasteiger partial charge in [0.05, 0.1) is 5.56 Å². The Bertz CT molecular complexity index is 1350. The van der Waals surface area contributed by atoms with Crippen LogP contribution < -0.4 is 5.32 Å². The Hall–Kier alpha value is -3.98. The molecule has 1 heterocycles. The normalized spacial score (nSPS) is 12.1. The zero-order chi connectivity index (χ0) is 27.9. The van der Waals surface area contributed by atoms with Gasteiger partial charge in [0, 0.05) is 11.1 Å². The number of likely N-dealkylation sites (N-methyl/N-ethyl adjacent to an activating group) is 1. The highest BCUT2D eigenvalue weighted by atomic mass is 19.4. The molecule has 4 rings (SSSR count). The molecule has 0 fully saturated rings. The number of aromatic nitrogens is 2. The lowest BCUT2D eigenvalue weighted by atomic mass is 9.94. The SMILES string of the molecule is CCN[C@H](C(=O)O)C(C)C.Cc1ccccc1-c1ccc(-c2nc(-c3ccccc3)no2)cc1C(F)(F)F. The van der Waals surface area contributed by atoms with Crippen molar-refractivity contribution >= 4 is 5.97 Å². The topological polar surface area (TPSA) is 88.2 Å². The van der Waals surface area contributed by atoms with Crippen molar-refractivity contribution in [3.63, 3.8) is 0 Å². The number of halogens is 3. The van der Waals surface area contributed by atoms with Crippen molar-refractivity contribution in [3.8, 4) is 34.0 Å². The molecule has 2 N–H and O–H groups in total. The Morgan fingerprint density at radius 1 is 0.974 bits per heavy atom. The minimum Gasteiger partial charge on any atom is -0.480 e. The van der Waals surface area contributed by atoms with E-state index in [4.69, 9.17) is 9.63 Å². The fraction of sp³-hybridized carbons (Fsp3) is 0.276. The summed E-state index contributed by atoms with van der Waals surface area (Å²) in [6, 6.07) is 19.8. The monoisotopic (exact) mass is 525 g/mol. The smallest absolute Gasteiger partial charge is 0.417 e. The minimum atomic E-state index is -4.52. The molecule has 0 radical (unpaired) electrons. The maximum Gasteiger partial charge on any atom is 0.417 e. The van der Waals surface area contributed by atoms with Gasteiger partial charge >= 0.3 is 12.1 Å². The van der Waals surface area contributed by atoms with Crippen LogP contribution in [0.3, 0.4) is 0 Å². The standard InChI is InChI=1S/C22H15F3N2O.C7H15NO2/c1-14-7-5-6-10-17(14)18-12-11-16(13-19(18)22(23,24)25)21-26-20(27-28-21)15-8-3-2-4-9-15;1-4-8-6(5(2)3)7(9)10/h2-13H,1H3;5-6,8H,4H2,1-3H3,(H,9,10)/t;6-/m.0/s1. The zero-order valence-corrected chi connectivity index (χ0v) is 21.6. The molecule has 0 aliphatic rings. The molecular formula is C29H30F3N3O3. The predicted octanol–water partition coefficient (Wildman–Crippen LogP) is 7.10. The highest BCUT2D eigenvalue weighted by Crippen LogP contribution is 2.40. The lowest BCUT2D eigenvalue weighted by Crippen LogP contribution is -2.40. The lowest BCUT2D eigenvalue weighted by Gasteiger charge is -2.15. The molecule has 6 nitrogen and oxygen atoms in total. The number of nitrogens with zero attached hydrogens (tertiary/aromatic N) is 2. The zero-order valence-electron chi connectivity index (χ0n) is 21.6. The molecule has 0 amide bonds.